The van der Waals surface area contributed by atoms with E-state index in [-0.39, 0.29) is 0 Å². The Balaban J connectivity index is 0.899. The van der Waals surface area contributed by atoms with E-state index >= 15 is 0 Å². The van der Waals surface area contributed by atoms with Gasteiger partial charge in [0.2, 0.25) is 0 Å². The van der Waals surface area contributed by atoms with Crippen LogP contribution in [0.15, 0.2) is 0 Å². The van der Waals surface area contributed by atoms with Crippen molar-refractivity contribution in [3.05, 3.63) is 0 Å². The van der Waals surface area contributed by atoms with Crippen molar-refractivity contribution in [2.75, 3.05) is 26.4 Å². The summed E-state index contributed by atoms with van der Waals surface area (Å²) in [6.07, 6.45) is -109. The Labute approximate surface area is 696 Å². The fourth-order valence-corrected chi connectivity index (χ4v) is 16.9. The number of aliphatic carboxylic acids is 5. The summed E-state index contributed by atoms with van der Waals surface area (Å²) in [4.78, 5) is 62.9. The van der Waals surface area contributed by atoms with Crippen molar-refractivity contribution in [1.82, 2.24) is 18.9 Å². The molecule has 45 atom stereocenters. The lowest BCUT2D eigenvalue weighted by Crippen LogP contribution is -2.71. The van der Waals surface area contributed by atoms with Crippen LogP contribution >= 0.6 is 0 Å². The highest BCUT2D eigenvalue weighted by Gasteiger charge is 2.64. The van der Waals surface area contributed by atoms with Gasteiger partial charge in [-0.05, 0) is 0 Å². The van der Waals surface area contributed by atoms with Gasteiger partial charge >= 0.3 is 81.5 Å². The van der Waals surface area contributed by atoms with Crippen molar-refractivity contribution >= 4 is 81.5 Å². The Kier molecular flexibility index (Phi) is 34.3. The highest BCUT2D eigenvalue weighted by atomic mass is 32.3. The van der Waals surface area contributed by atoms with E-state index in [0.717, 1.165) is 0 Å². The first kappa shape index (κ1) is 104. The maximum atomic E-state index is 13.1. The molecule has 0 aromatic carbocycles. The lowest BCUT2D eigenvalue weighted by molar-refractivity contribution is -0.382. The van der Waals surface area contributed by atoms with Crippen LogP contribution < -0.4 is 18.9 Å². The minimum absolute atomic E-state index is 1.31. The van der Waals surface area contributed by atoms with E-state index in [4.69, 9.17) is 80.5 Å². The van der Waals surface area contributed by atoms with Crippen molar-refractivity contribution < 1.29 is 296 Å². The monoisotopic (exact) mass is 1940 g/mol. The van der Waals surface area contributed by atoms with E-state index in [1.54, 1.807) is 0 Å². The molecule has 0 aromatic heterocycles. The number of hydrogen-bond acceptors (Lipinski definition) is 52. The number of nitrogens with one attached hydrogen (secondary N) is 4. The fourth-order valence-electron chi connectivity index (χ4n) is 14.2. The van der Waals surface area contributed by atoms with Crippen molar-refractivity contribution in [2.45, 2.75) is 276 Å². The quantitative estimate of drug-likeness (QED) is 0.0262. The molecule has 33 N–H and O–H groups in total. The molecule has 0 bridgehead atoms. The van der Waals surface area contributed by atoms with Crippen LogP contribution in [0.3, 0.4) is 0 Å². The second-order valence-corrected chi connectivity index (χ2v) is 34.2. The number of ether oxygens (including phenoxy) is 17. The zero-order valence-electron chi connectivity index (χ0n) is 61.8. The van der Waals surface area contributed by atoms with Crippen molar-refractivity contribution in [2.24, 2.45) is 0 Å². The van der Waals surface area contributed by atoms with E-state index in [1.807, 2.05) is 0 Å². The largest absolute Gasteiger partial charge is 0.479 e. The molecule has 0 aromatic rings. The zero-order chi connectivity index (χ0) is 93.8. The molecule has 0 saturated carbocycles. The molecule has 0 amide bonds. The molecule has 0 spiro atoms. The maximum Gasteiger partial charge on any atom is 0.397 e. The van der Waals surface area contributed by atoms with Gasteiger partial charge in [0, 0.05) is 0 Å². The molecule has 9 fully saturated rings. The minimum atomic E-state index is -5.84. The molecule has 125 heavy (non-hydrogen) atoms. The van der Waals surface area contributed by atoms with Crippen LogP contribution in [0.2, 0.25) is 0 Å². The van der Waals surface area contributed by atoms with Crippen LogP contribution in [0.5, 0.6) is 0 Å². The van der Waals surface area contributed by atoms with Gasteiger partial charge in [-0.2, -0.15) is 61.0 Å². The second-order valence-electron chi connectivity index (χ2n) is 28.4. The Morgan fingerprint density at radius 2 is 0.464 bits per heavy atom. The molecular formula is C54H86N4O62S5. The predicted molar refractivity (Wildman–Crippen MR) is 360 cm³/mol. The number of carboxylic acids is 5. The molecule has 724 valence electrons. The molecule has 71 heteroatoms. The van der Waals surface area contributed by atoms with Gasteiger partial charge < -0.3 is 203 Å². The fraction of sp³-hybridized carbons (Fsp3) is 0.907. The van der Waals surface area contributed by atoms with E-state index < -0.39 is 384 Å². The topological polar surface area (TPSA) is 1060 Å². The van der Waals surface area contributed by atoms with Gasteiger partial charge in [0.25, 0.3) is 0 Å². The third-order valence-corrected chi connectivity index (χ3v) is 22.8. The highest BCUT2D eigenvalue weighted by molar-refractivity contribution is 7.84. The zero-order valence-corrected chi connectivity index (χ0v) is 65.9. The molecule has 0 radical (unpaired) electrons. The van der Waals surface area contributed by atoms with Crippen LogP contribution in [-0.2, 0) is 160 Å². The lowest BCUT2D eigenvalue weighted by Gasteiger charge is -2.50. The van der Waals surface area contributed by atoms with Crippen LogP contribution in [0.25, 0.3) is 0 Å². The first-order valence-electron chi connectivity index (χ1n) is 35.3. The molecule has 9 aliphatic rings. The van der Waals surface area contributed by atoms with Gasteiger partial charge in [0.15, 0.2) is 87.1 Å². The number of rotatable bonds is 35. The number of aliphatic hydroxyl groups excluding tert-OH is 19. The average Bonchev–Trinajstić information content (AvgIpc) is 0.761. The molecule has 9 aliphatic heterocycles. The summed E-state index contributed by atoms with van der Waals surface area (Å²) in [5, 5.41) is 260. The van der Waals surface area contributed by atoms with E-state index in [2.05, 4.69) is 4.18 Å². The van der Waals surface area contributed by atoms with Gasteiger partial charge in [-0.15, -0.1) is 0 Å². The number of hydrogen-bond donors (Lipinski definition) is 33. The van der Waals surface area contributed by atoms with E-state index in [0.29, 0.717) is 0 Å². The average molecular weight is 1940 g/mol. The molecule has 45 unspecified atom stereocenters. The maximum absolute atomic E-state index is 13.1. The first-order valence-corrected chi connectivity index (χ1v) is 42.4. The summed E-state index contributed by atoms with van der Waals surface area (Å²) >= 11 is 0. The second kappa shape index (κ2) is 41.2. The lowest BCUT2D eigenvalue weighted by atomic mass is 9.94. The smallest absolute Gasteiger partial charge is 0.397 e. The van der Waals surface area contributed by atoms with Gasteiger partial charge in [-0.25, -0.2) is 28.2 Å². The van der Waals surface area contributed by atoms with Crippen molar-refractivity contribution in [3.63, 3.8) is 0 Å². The molecule has 0 aliphatic carbocycles. The normalized spacial score (nSPS) is 45.8. The molecular weight excluding hydrogens is 1860 g/mol. The van der Waals surface area contributed by atoms with E-state index in [9.17, 15) is 211 Å². The number of aliphatic hydroxyl groups is 19. The summed E-state index contributed by atoms with van der Waals surface area (Å²) < 4.78 is 273. The standard InChI is InChI=1S/C54H86N4O62S5/c59-1-5-28(109-51-24(73)17(66)18(67)36(117-51)41(77)78)13(62)9(55-121(88,89)90)47(104-5)114-33-20(69)25(74)52(118-38(33)43(81)82)110-29-6(2-60)105-48(10(14(29)63)56-122(91,92)93)115-34-21(70)26(75)53(119-39(34)44(83)84)111-30-7(3-61)106-49(11(15(30)64)57-123(94,95)96)116-35-22(71)27(76)54(120-40(35)45(85)86)112-31-8(4-103-125(100,101)102)107-50(12(16(31)65)58-124(97,98)99)113-32-19(68)23(72)46(87)108-37(32)42(79)80/h5-40,46-76,87H,1-4H2,(H,77,78)(H,79,80)(H,81,82)(H,83,84)(H,85,86)(H,88,89,90)(H,91,92,93)(H,94,95,96)(H,97,98,99)(H,100,101,102). The van der Waals surface area contributed by atoms with Crippen LogP contribution in [-0.4, -0.2) is 520 Å². The Hall–Kier alpha value is -4.74. The summed E-state index contributed by atoms with van der Waals surface area (Å²) in [6.45, 7) is -6.19. The SMILES string of the molecule is O=C(O)C1OC(OC2C(CO)OC(OC3C(C(=O)O)OC(OC4C(CO)OC(OC5C(C(=O)O)OC(OC6C(CO)OC(OC7C(C(=O)O)OC(OC8C(COS(=O)(=O)O)OC(OC9C(C(=O)O)OC(O)C(O)C9O)C(NS(=O)(=O)O)C8O)C(O)C7O)C(NS(=O)(=O)O)C6O)C(O)C5O)C(NS(=O)(=O)O)C4O)C(O)C3O)C(NS(=O)(=O)O)C2O)C(O)C(O)C1O. The molecule has 9 saturated heterocycles. The summed E-state index contributed by atoms with van der Waals surface area (Å²) in [5.41, 5.74) is 0. The molecule has 66 nitrogen and oxygen atoms in total. The Morgan fingerprint density at radius 3 is 0.704 bits per heavy atom. The summed E-state index contributed by atoms with van der Waals surface area (Å²) in [5.74, 6) is -11.0. The van der Waals surface area contributed by atoms with Crippen LogP contribution in [0.1, 0.15) is 0 Å². The third-order valence-electron chi connectivity index (χ3n) is 20.1. The molecule has 9 rings (SSSR count). The number of carboxylic acid groups (broad SMARTS) is 5. The molecule has 9 heterocycles. The van der Waals surface area contributed by atoms with Crippen molar-refractivity contribution in [1.29, 1.82) is 0 Å². The number of carbonyl (C=O) groups is 5. The summed E-state index contributed by atoms with van der Waals surface area (Å²) in [7, 11) is -28.7. The van der Waals surface area contributed by atoms with Gasteiger partial charge in [-0.3, -0.25) is 22.8 Å². The Morgan fingerprint density at radius 1 is 0.248 bits per heavy atom. The van der Waals surface area contributed by atoms with Crippen LogP contribution in [0.4, 0.5) is 0 Å². The predicted octanol–water partition coefficient (Wildman–Crippen LogP) is -22.7. The summed E-state index contributed by atoms with van der Waals surface area (Å²) in [6, 6.07) is -10.8. The van der Waals surface area contributed by atoms with Gasteiger partial charge in [0.1, 0.15) is 189 Å². The first-order chi connectivity index (χ1) is 57.7. The van der Waals surface area contributed by atoms with Crippen LogP contribution in [0, 0.1) is 0 Å². The van der Waals surface area contributed by atoms with E-state index in [1.165, 1.54) is 18.9 Å². The highest BCUT2D eigenvalue weighted by Crippen LogP contribution is 2.41. The third kappa shape index (κ3) is 24.4. The van der Waals surface area contributed by atoms with Gasteiger partial charge in [-0.1, -0.05) is 0 Å². The van der Waals surface area contributed by atoms with Gasteiger partial charge in [0.05, 0.1) is 26.4 Å². The van der Waals surface area contributed by atoms with Crippen molar-refractivity contribution in [3.8, 4) is 0 Å². The minimum Gasteiger partial charge on any atom is -0.479 e. The Bertz CT molecular complexity index is 4300.